The highest BCUT2D eigenvalue weighted by Crippen LogP contribution is 2.27. The normalized spacial score (nSPS) is 17.3. The van der Waals surface area contributed by atoms with Crippen LogP contribution in [0.2, 0.25) is 0 Å². The van der Waals surface area contributed by atoms with Crippen molar-refractivity contribution in [2.45, 2.75) is 51.1 Å². The number of aromatic nitrogens is 2. The molecule has 0 aliphatic carbocycles. The zero-order valence-corrected chi connectivity index (χ0v) is 19.2. The quantitative estimate of drug-likeness (QED) is 0.538. The molecular formula is C24H29N3O3S. The fourth-order valence-electron chi connectivity index (χ4n) is 4.05. The Bertz CT molecular complexity index is 1140. The van der Waals surface area contributed by atoms with Crippen molar-refractivity contribution < 1.29 is 12.8 Å². The molecule has 1 saturated heterocycles. The first-order chi connectivity index (χ1) is 14.9. The first-order valence-corrected chi connectivity index (χ1v) is 12.5. The molecule has 1 unspecified atom stereocenters. The van der Waals surface area contributed by atoms with E-state index >= 15 is 0 Å². The molecule has 6 nitrogen and oxygen atoms in total. The summed E-state index contributed by atoms with van der Waals surface area (Å²) in [5.74, 6) is 1.56. The molecule has 0 N–H and O–H groups in total. The Morgan fingerprint density at radius 1 is 1.10 bits per heavy atom. The van der Waals surface area contributed by atoms with E-state index in [1.54, 1.807) is 25.3 Å². The van der Waals surface area contributed by atoms with E-state index in [0.717, 1.165) is 41.1 Å². The third-order valence-corrected chi connectivity index (χ3v) is 7.76. The Kier molecular flexibility index (Phi) is 6.25. The van der Waals surface area contributed by atoms with Gasteiger partial charge in [-0.2, -0.15) is 0 Å². The molecule has 3 aromatic rings. The summed E-state index contributed by atoms with van der Waals surface area (Å²) in [6.07, 6.45) is 5.06. The first-order valence-electron chi connectivity index (χ1n) is 10.9. The molecule has 2 aromatic heterocycles. The maximum absolute atomic E-state index is 11.9. The van der Waals surface area contributed by atoms with Crippen molar-refractivity contribution in [3.8, 4) is 22.6 Å². The van der Waals surface area contributed by atoms with E-state index in [2.05, 4.69) is 16.8 Å². The molecule has 1 fully saturated rings. The maximum atomic E-state index is 11.9. The van der Waals surface area contributed by atoms with Gasteiger partial charge in [0, 0.05) is 36.3 Å². The van der Waals surface area contributed by atoms with Crippen LogP contribution in [0.1, 0.15) is 38.1 Å². The third kappa shape index (κ3) is 4.72. The summed E-state index contributed by atoms with van der Waals surface area (Å²) in [6, 6.07) is 11.9. The fraction of sp³-hybridized carbons (Fsp3) is 0.417. The minimum atomic E-state index is -3.29. The molecule has 1 atom stereocenters. The minimum absolute atomic E-state index is 0.0443. The van der Waals surface area contributed by atoms with Crippen LogP contribution in [-0.2, 0) is 16.3 Å². The summed E-state index contributed by atoms with van der Waals surface area (Å²) in [4.78, 5) is 11.4. The number of hydrogen-bond acceptors (Lipinski definition) is 6. The molecule has 7 heteroatoms. The number of nitrogens with zero attached hydrogens (tertiary/aromatic N) is 3. The topological polar surface area (TPSA) is 76.3 Å². The second kappa shape index (κ2) is 8.93. The summed E-state index contributed by atoms with van der Waals surface area (Å²) >= 11 is 0. The van der Waals surface area contributed by atoms with E-state index in [1.807, 2.05) is 31.2 Å². The predicted octanol–water partition coefficient (Wildman–Crippen LogP) is 4.53. The van der Waals surface area contributed by atoms with Crippen molar-refractivity contribution in [1.82, 2.24) is 14.9 Å². The molecule has 0 bridgehead atoms. The third-order valence-electron chi connectivity index (χ3n) is 6.12. The highest BCUT2D eigenvalue weighted by atomic mass is 32.2. The minimum Gasteiger partial charge on any atom is -0.441 e. The van der Waals surface area contributed by atoms with Crippen LogP contribution in [0.25, 0.3) is 22.6 Å². The average Bonchev–Trinajstić information content (AvgIpc) is 3.37. The van der Waals surface area contributed by atoms with E-state index in [4.69, 9.17) is 9.40 Å². The fourth-order valence-corrected chi connectivity index (χ4v) is 4.83. The number of hydrogen-bond donors (Lipinski definition) is 0. The Labute approximate surface area is 184 Å². The van der Waals surface area contributed by atoms with Crippen molar-refractivity contribution in [1.29, 1.82) is 0 Å². The monoisotopic (exact) mass is 439 g/mol. The van der Waals surface area contributed by atoms with Gasteiger partial charge in [-0.25, -0.2) is 18.4 Å². The average molecular weight is 440 g/mol. The SMILES string of the molecule is CCS(=O)(=O)c1ccc(-c2ccc(-c3nc(CCN4CCCC4C)c(C)o3)cc2)cn1. The lowest BCUT2D eigenvalue weighted by molar-refractivity contribution is 0.271. The van der Waals surface area contributed by atoms with Gasteiger partial charge in [-0.15, -0.1) is 0 Å². The van der Waals surface area contributed by atoms with Crippen LogP contribution in [0.4, 0.5) is 0 Å². The molecule has 0 spiro atoms. The largest absolute Gasteiger partial charge is 0.441 e. The standard InChI is InChI=1S/C24H29N3O3S/c1-4-31(28,29)23-12-11-21(16-25-23)19-7-9-20(10-8-19)24-26-22(18(3)30-24)13-15-27-14-5-6-17(27)2/h7-12,16-17H,4-6,13-15H2,1-3H3. The number of oxazole rings is 1. The number of benzene rings is 1. The molecule has 0 saturated carbocycles. The van der Waals surface area contributed by atoms with Crippen molar-refractivity contribution in [2.24, 2.45) is 0 Å². The lowest BCUT2D eigenvalue weighted by Gasteiger charge is -2.20. The molecular weight excluding hydrogens is 410 g/mol. The lowest BCUT2D eigenvalue weighted by atomic mass is 10.1. The Morgan fingerprint density at radius 2 is 1.81 bits per heavy atom. The van der Waals surface area contributed by atoms with Crippen LogP contribution in [0.5, 0.6) is 0 Å². The van der Waals surface area contributed by atoms with Gasteiger partial charge in [0.05, 0.1) is 11.4 Å². The number of rotatable bonds is 7. The van der Waals surface area contributed by atoms with Crippen molar-refractivity contribution in [3.63, 3.8) is 0 Å². The zero-order chi connectivity index (χ0) is 22.0. The van der Waals surface area contributed by atoms with Gasteiger partial charge in [0.2, 0.25) is 5.89 Å². The number of pyridine rings is 1. The van der Waals surface area contributed by atoms with Crippen LogP contribution >= 0.6 is 0 Å². The molecule has 4 rings (SSSR count). The van der Waals surface area contributed by atoms with E-state index < -0.39 is 9.84 Å². The summed E-state index contributed by atoms with van der Waals surface area (Å²) in [5.41, 5.74) is 3.77. The van der Waals surface area contributed by atoms with E-state index in [9.17, 15) is 8.42 Å². The van der Waals surface area contributed by atoms with Crippen LogP contribution in [0, 0.1) is 6.92 Å². The van der Waals surface area contributed by atoms with E-state index in [-0.39, 0.29) is 10.8 Å². The summed E-state index contributed by atoms with van der Waals surface area (Å²) in [5, 5.41) is 0.112. The molecule has 1 aromatic carbocycles. The summed E-state index contributed by atoms with van der Waals surface area (Å²) in [6.45, 7) is 8.08. The highest BCUT2D eigenvalue weighted by Gasteiger charge is 2.21. The van der Waals surface area contributed by atoms with Crippen LogP contribution < -0.4 is 0 Å². The van der Waals surface area contributed by atoms with Gasteiger partial charge in [0.1, 0.15) is 5.76 Å². The molecule has 31 heavy (non-hydrogen) atoms. The molecule has 1 aliphatic heterocycles. The van der Waals surface area contributed by atoms with Gasteiger partial charge in [-0.1, -0.05) is 19.1 Å². The Morgan fingerprint density at radius 3 is 2.42 bits per heavy atom. The molecule has 0 radical (unpaired) electrons. The summed E-state index contributed by atoms with van der Waals surface area (Å²) in [7, 11) is -3.29. The predicted molar refractivity (Wildman–Crippen MR) is 122 cm³/mol. The lowest BCUT2D eigenvalue weighted by Crippen LogP contribution is -2.29. The van der Waals surface area contributed by atoms with E-state index in [1.165, 1.54) is 19.4 Å². The molecule has 164 valence electrons. The number of likely N-dealkylation sites (tertiary alicyclic amines) is 1. The molecule has 0 amide bonds. The van der Waals surface area contributed by atoms with Gasteiger partial charge in [-0.05, 0) is 63.1 Å². The van der Waals surface area contributed by atoms with Crippen LogP contribution in [-0.4, -0.2) is 48.2 Å². The van der Waals surface area contributed by atoms with Gasteiger partial charge in [0.25, 0.3) is 0 Å². The van der Waals surface area contributed by atoms with Gasteiger partial charge >= 0.3 is 0 Å². The first kappa shape index (κ1) is 21.7. The van der Waals surface area contributed by atoms with Gasteiger partial charge < -0.3 is 9.32 Å². The number of aryl methyl sites for hydroxylation is 1. The summed E-state index contributed by atoms with van der Waals surface area (Å²) < 4.78 is 29.8. The van der Waals surface area contributed by atoms with Crippen molar-refractivity contribution >= 4 is 9.84 Å². The molecule has 3 heterocycles. The van der Waals surface area contributed by atoms with Gasteiger partial charge in [-0.3, -0.25) is 0 Å². The van der Waals surface area contributed by atoms with Crippen molar-refractivity contribution in [2.75, 3.05) is 18.8 Å². The maximum Gasteiger partial charge on any atom is 0.226 e. The Hall–Kier alpha value is -2.51. The zero-order valence-electron chi connectivity index (χ0n) is 18.3. The smallest absolute Gasteiger partial charge is 0.226 e. The van der Waals surface area contributed by atoms with Crippen LogP contribution in [0.3, 0.4) is 0 Å². The second-order valence-corrected chi connectivity index (χ2v) is 10.4. The van der Waals surface area contributed by atoms with Gasteiger partial charge in [0.15, 0.2) is 14.9 Å². The van der Waals surface area contributed by atoms with Crippen molar-refractivity contribution in [3.05, 3.63) is 54.0 Å². The number of sulfone groups is 1. The van der Waals surface area contributed by atoms with E-state index in [0.29, 0.717) is 11.9 Å². The molecule has 1 aliphatic rings. The Balaban J connectivity index is 1.47. The van der Waals surface area contributed by atoms with Crippen LogP contribution in [0.15, 0.2) is 52.0 Å². The highest BCUT2D eigenvalue weighted by molar-refractivity contribution is 7.91. The second-order valence-electron chi connectivity index (χ2n) is 8.17.